The smallest absolute Gasteiger partial charge is 0.480 e. The molecule has 3 unspecified atom stereocenters. The molecule has 72 heavy (non-hydrogen) atoms. The van der Waals surface area contributed by atoms with Gasteiger partial charge in [0.25, 0.3) is 0 Å². The summed E-state index contributed by atoms with van der Waals surface area (Å²) < 4.78 is 28.9. The van der Waals surface area contributed by atoms with Crippen molar-refractivity contribution in [2.75, 3.05) is 67.6 Å². The van der Waals surface area contributed by atoms with E-state index in [2.05, 4.69) is 0 Å². The van der Waals surface area contributed by atoms with Crippen LogP contribution in [0.15, 0.2) is 89.8 Å². The predicted molar refractivity (Wildman–Crippen MR) is 275 cm³/mol. The number of halogens is 2. The lowest BCUT2D eigenvalue weighted by Crippen LogP contribution is -2.49. The van der Waals surface area contributed by atoms with Gasteiger partial charge in [-0.15, -0.1) is 23.2 Å². The molecule has 0 aromatic heterocycles. The number of anilines is 2. The Morgan fingerprint density at radius 1 is 0.764 bits per heavy atom. The van der Waals surface area contributed by atoms with Crippen molar-refractivity contribution >= 4 is 116 Å². The van der Waals surface area contributed by atoms with Crippen LogP contribution in [0.3, 0.4) is 0 Å². The average Bonchev–Trinajstić information content (AvgIpc) is 3.87. The van der Waals surface area contributed by atoms with Gasteiger partial charge in [0, 0.05) is 108 Å². The van der Waals surface area contributed by atoms with E-state index in [1.165, 1.54) is 37.5 Å². The third-order valence-electron chi connectivity index (χ3n) is 15.2. The molecule has 3 saturated carbocycles. The second kappa shape index (κ2) is 18.9. The summed E-state index contributed by atoms with van der Waals surface area (Å²) in [4.78, 5) is 94.3. The molecule has 2 aliphatic heterocycles. The fraction of sp³-hybridized carbons (Fsp3) is 0.380. The lowest BCUT2D eigenvalue weighted by molar-refractivity contribution is -0.138. The molecule has 5 aliphatic rings. The number of rotatable bonds is 17. The Morgan fingerprint density at radius 2 is 1.26 bits per heavy atom. The highest BCUT2D eigenvalue weighted by molar-refractivity contribution is 8.76. The Balaban J connectivity index is 0.818. The quantitative estimate of drug-likeness (QED) is 0.0389. The number of benzene rings is 5. The number of carboxylic acid groups (broad SMARTS) is 1. The molecule has 5 aromatic carbocycles. The third kappa shape index (κ3) is 8.43. The van der Waals surface area contributed by atoms with Crippen LogP contribution < -0.4 is 24.8 Å². The molecule has 0 saturated heterocycles. The first-order valence-electron chi connectivity index (χ1n) is 23.2. The highest BCUT2D eigenvalue weighted by Crippen LogP contribution is 3.01. The van der Waals surface area contributed by atoms with Crippen molar-refractivity contribution in [1.82, 2.24) is 9.80 Å². The van der Waals surface area contributed by atoms with E-state index >= 15 is 4.79 Å². The first-order valence-corrected chi connectivity index (χ1v) is 28.1. The van der Waals surface area contributed by atoms with E-state index < -0.39 is 48.3 Å². The minimum absolute atomic E-state index is 0.0318. The number of fused-ring (bicyclic) bond motifs is 6. The maximum atomic E-state index is 15.0. The number of phosphoric ester groups is 1. The van der Waals surface area contributed by atoms with Crippen molar-refractivity contribution in [3.05, 3.63) is 102 Å². The number of alkyl halides is 2. The highest BCUT2D eigenvalue weighted by atomic mass is 35.5. The summed E-state index contributed by atoms with van der Waals surface area (Å²) in [6.45, 7) is 0.754. The van der Waals surface area contributed by atoms with E-state index in [-0.39, 0.29) is 78.9 Å². The molecule has 0 radical (unpaired) electrons. The molecule has 3 fully saturated rings. The number of aliphatic carboxylic acids is 1. The van der Waals surface area contributed by atoms with E-state index in [0.717, 1.165) is 27.0 Å². The van der Waals surface area contributed by atoms with Crippen LogP contribution in [-0.2, 0) is 30.3 Å². The minimum Gasteiger partial charge on any atom is -0.480 e. The number of ether oxygens (including phenoxy) is 2. The number of nitrogens with zero attached hydrogens (tertiary/aromatic N) is 4. The number of hydrogen-bond donors (Lipinski definition) is 4. The molecule has 17 nitrogen and oxygen atoms in total. The minimum atomic E-state index is -4.96. The summed E-state index contributed by atoms with van der Waals surface area (Å²) >= 11 is 13.2. The van der Waals surface area contributed by atoms with E-state index in [9.17, 15) is 33.5 Å². The number of carbonyl (C=O) groups excluding carboxylic acids is 4. The lowest BCUT2D eigenvalue weighted by atomic mass is 9.72. The first kappa shape index (κ1) is 50.3. The lowest BCUT2D eigenvalue weighted by Gasteiger charge is -2.37. The van der Waals surface area contributed by atoms with Gasteiger partial charge in [-0.05, 0) is 47.2 Å². The topological polar surface area (TPSA) is 230 Å². The molecule has 378 valence electrons. The fourth-order valence-electron chi connectivity index (χ4n) is 11.5. The molecule has 2 heterocycles. The van der Waals surface area contributed by atoms with Crippen molar-refractivity contribution in [2.45, 2.75) is 48.6 Å². The molecule has 4 amide bonds. The number of likely N-dealkylation sites (N-methyl/N-ethyl adjacent to an activating group) is 2. The van der Waals surface area contributed by atoms with Gasteiger partial charge in [0.15, 0.2) is 0 Å². The van der Waals surface area contributed by atoms with Crippen molar-refractivity contribution in [2.24, 2.45) is 22.0 Å². The van der Waals surface area contributed by atoms with Gasteiger partial charge in [-0.3, -0.25) is 24.2 Å². The van der Waals surface area contributed by atoms with E-state index in [1.807, 2.05) is 60.7 Å². The van der Waals surface area contributed by atoms with Crippen molar-refractivity contribution in [3.63, 3.8) is 0 Å². The molecule has 3 aliphatic carbocycles. The van der Waals surface area contributed by atoms with Crippen LogP contribution in [0, 0.1) is 16.2 Å². The molecule has 22 heteroatoms. The van der Waals surface area contributed by atoms with Crippen molar-refractivity contribution in [3.8, 4) is 11.5 Å². The maximum Gasteiger partial charge on any atom is 0.524 e. The maximum absolute atomic E-state index is 15.0. The largest absolute Gasteiger partial charge is 0.524 e. The van der Waals surface area contributed by atoms with E-state index in [1.54, 1.807) is 42.1 Å². The Labute approximate surface area is 431 Å². The number of phosphoric acid groups is 1. The Morgan fingerprint density at radius 3 is 1.79 bits per heavy atom. The zero-order valence-corrected chi connectivity index (χ0v) is 43.0. The molecule has 1 spiro atoms. The van der Waals surface area contributed by atoms with Crippen LogP contribution in [0.2, 0.25) is 0 Å². The standard InChI is InChI=1S/C50H50Cl2N5O12PS2/c1-54(46(62)67-23-28-9-3-8-14-40(28)72-71-24-35(53)43(58)59)15-16-55(2)47(63)68-38-17-36-41(33-12-6-4-10-31(33)38)29(19-51)21-56(36)44(60)48-25-49(27-50(48,49)26-48)45(61)57-22-30(20-52)42-34-13-7-5-11-32(34)39(18-37(42)57)69-70(64,65)66/h3-14,17-18,29-30,35H,15-16,19-27,53H2,1-2H3,(H,58,59)(H2,64,65,66)/t29-,30-,35+,48?,49?,50?/m1/s1. The van der Waals surface area contributed by atoms with Gasteiger partial charge in [-0.2, -0.15) is 0 Å². The van der Waals surface area contributed by atoms with Crippen LogP contribution in [-0.4, -0.2) is 118 Å². The summed E-state index contributed by atoms with van der Waals surface area (Å²) in [5, 5.41) is 11.7. The van der Waals surface area contributed by atoms with E-state index in [0.29, 0.717) is 53.3 Å². The second-order valence-corrected chi connectivity index (χ2v) is 23.4. The summed E-state index contributed by atoms with van der Waals surface area (Å²) in [6, 6.07) is 24.1. The normalized spacial score (nSPS) is 23.5. The summed E-state index contributed by atoms with van der Waals surface area (Å²) in [5.41, 5.74) is 7.02. The first-order chi connectivity index (χ1) is 34.4. The summed E-state index contributed by atoms with van der Waals surface area (Å²) in [7, 11) is 0.782. The molecule has 0 bridgehead atoms. The summed E-state index contributed by atoms with van der Waals surface area (Å²) in [5.74, 6) is -0.983. The van der Waals surface area contributed by atoms with Crippen LogP contribution >= 0.6 is 52.6 Å². The Hall–Kier alpha value is -5.24. The van der Waals surface area contributed by atoms with Crippen molar-refractivity contribution in [1.29, 1.82) is 0 Å². The monoisotopic (exact) mass is 1080 g/mol. The Bertz CT molecular complexity index is 3150. The Kier molecular flexibility index (Phi) is 13.2. The molecule has 5 aromatic rings. The third-order valence-corrected chi connectivity index (χ3v) is 18.8. The van der Waals surface area contributed by atoms with E-state index in [4.69, 9.17) is 48.0 Å². The van der Waals surface area contributed by atoms with Crippen LogP contribution in [0.5, 0.6) is 11.5 Å². The molecular weight excluding hydrogens is 1030 g/mol. The van der Waals surface area contributed by atoms with Gasteiger partial charge in [0.2, 0.25) is 11.8 Å². The van der Waals surface area contributed by atoms with Gasteiger partial charge < -0.3 is 44.4 Å². The number of carbonyl (C=O) groups is 5. The SMILES string of the molecule is CN(CCN(C)C(=O)Oc1cc2c(c3ccccc13)[C@H](CCl)CN2C(=O)C12CC3(C(=O)N4C[C@@H](CCl)c5c4cc(OP(=O)(O)O)c4ccccc54)CC13C2)C(=O)OCc1ccccc1SSC[C@H](N)C(=O)O. The van der Waals surface area contributed by atoms with Gasteiger partial charge in [-0.25, -0.2) is 14.2 Å². The molecule has 5 N–H and O–H groups in total. The van der Waals surface area contributed by atoms with Gasteiger partial charge >= 0.3 is 26.0 Å². The van der Waals surface area contributed by atoms with Crippen molar-refractivity contribution < 1.29 is 57.4 Å². The number of carboxylic acids is 1. The summed E-state index contributed by atoms with van der Waals surface area (Å²) in [6.07, 6.45) is 0.0968. The van der Waals surface area contributed by atoms with Gasteiger partial charge in [-0.1, -0.05) is 88.3 Å². The van der Waals surface area contributed by atoms with Crippen LogP contribution in [0.4, 0.5) is 21.0 Å². The predicted octanol–water partition coefficient (Wildman–Crippen LogP) is 8.52. The number of amides is 4. The second-order valence-electron chi connectivity index (χ2n) is 19.3. The van der Waals surface area contributed by atoms with Gasteiger partial charge in [0.05, 0.1) is 22.2 Å². The number of hydrogen-bond acceptors (Lipinski definition) is 12. The number of nitrogens with two attached hydrogens (primary N) is 1. The zero-order valence-electron chi connectivity index (χ0n) is 39.0. The fourth-order valence-corrected chi connectivity index (χ4v) is 14.8. The molecular formula is C50H50Cl2N5O12PS2. The molecule has 6 atom stereocenters. The van der Waals surface area contributed by atoms with Gasteiger partial charge in [0.1, 0.15) is 24.1 Å². The highest BCUT2D eigenvalue weighted by Gasteiger charge is 3.01. The van der Waals surface area contributed by atoms with Crippen LogP contribution in [0.25, 0.3) is 21.5 Å². The van der Waals surface area contributed by atoms with Crippen LogP contribution in [0.1, 0.15) is 47.8 Å². The zero-order chi connectivity index (χ0) is 51.1. The molecule has 10 rings (SSSR count). The average molecular weight is 1080 g/mol.